The third kappa shape index (κ3) is 2.38. The Morgan fingerprint density at radius 2 is 1.54 bits per heavy atom. The molecule has 0 atom stereocenters. The first-order chi connectivity index (χ1) is 11.7. The largest absolute Gasteiger partial charge is 0.508 e. The third-order valence-electron chi connectivity index (χ3n) is 4.31. The van der Waals surface area contributed by atoms with Gasteiger partial charge in [-0.3, -0.25) is 15.0 Å². The number of hydrogen-bond acceptors (Lipinski definition) is 2. The Balaban J connectivity index is 1.87. The average Bonchev–Trinajstić information content (AvgIpc) is 2.99. The van der Waals surface area contributed by atoms with Gasteiger partial charge in [0.1, 0.15) is 5.75 Å². The van der Waals surface area contributed by atoms with Crippen molar-refractivity contribution in [1.29, 1.82) is 0 Å². The van der Waals surface area contributed by atoms with E-state index in [0.29, 0.717) is 12.0 Å². The zero-order chi connectivity index (χ0) is 16.5. The first-order valence-electron chi connectivity index (χ1n) is 7.78. The number of H-pyrrole nitrogens is 2. The number of phenols is 1. The predicted octanol–water partition coefficient (Wildman–Crippen LogP) is 3.82. The minimum absolute atomic E-state index is 0.166. The second-order valence-electron chi connectivity index (χ2n) is 5.76. The molecule has 3 aromatic carbocycles. The number of aromatic amines is 2. The van der Waals surface area contributed by atoms with E-state index in [9.17, 15) is 9.90 Å². The van der Waals surface area contributed by atoms with Crippen molar-refractivity contribution in [2.75, 3.05) is 0 Å². The van der Waals surface area contributed by atoms with Crippen molar-refractivity contribution in [2.45, 2.75) is 6.42 Å². The molecular weight excluding hydrogens is 300 g/mol. The van der Waals surface area contributed by atoms with E-state index in [1.54, 1.807) is 6.07 Å². The van der Waals surface area contributed by atoms with Gasteiger partial charge >= 0.3 is 0 Å². The molecular formula is C20H16N2O2. The summed E-state index contributed by atoms with van der Waals surface area (Å²) in [5, 5.41) is 18.0. The Kier molecular flexibility index (Phi) is 3.43. The molecule has 118 valence electrons. The second kappa shape index (κ2) is 5.74. The monoisotopic (exact) mass is 316 g/mol. The Hall–Kier alpha value is -3.27. The maximum atomic E-state index is 12.3. The summed E-state index contributed by atoms with van der Waals surface area (Å²) in [4.78, 5) is 12.3. The highest BCUT2D eigenvalue weighted by Gasteiger charge is 2.16. The van der Waals surface area contributed by atoms with Gasteiger partial charge in [-0.05, 0) is 22.4 Å². The molecule has 4 heteroatoms. The maximum Gasteiger partial charge on any atom is 0.268 e. The summed E-state index contributed by atoms with van der Waals surface area (Å²) >= 11 is 0. The summed E-state index contributed by atoms with van der Waals surface area (Å²) in [6.45, 7) is 0. The Labute approximate surface area is 138 Å². The molecule has 1 aromatic heterocycles. The van der Waals surface area contributed by atoms with Gasteiger partial charge in [0.15, 0.2) is 0 Å². The topological polar surface area (TPSA) is 68.9 Å². The molecule has 0 aliphatic carbocycles. The van der Waals surface area contributed by atoms with Crippen molar-refractivity contribution < 1.29 is 5.11 Å². The van der Waals surface area contributed by atoms with Crippen LogP contribution in [0.1, 0.15) is 11.1 Å². The lowest BCUT2D eigenvalue weighted by Crippen LogP contribution is -2.07. The van der Waals surface area contributed by atoms with E-state index in [4.69, 9.17) is 0 Å². The van der Waals surface area contributed by atoms with Gasteiger partial charge in [-0.1, -0.05) is 60.7 Å². The molecule has 0 amide bonds. The Bertz CT molecular complexity index is 1060. The van der Waals surface area contributed by atoms with E-state index in [1.807, 2.05) is 60.7 Å². The summed E-state index contributed by atoms with van der Waals surface area (Å²) in [5.41, 5.74) is 2.91. The summed E-state index contributed by atoms with van der Waals surface area (Å²) in [6, 6.07) is 21.1. The zero-order valence-electron chi connectivity index (χ0n) is 12.9. The zero-order valence-corrected chi connectivity index (χ0v) is 12.9. The number of rotatable bonds is 3. The Morgan fingerprint density at radius 1 is 0.792 bits per heavy atom. The van der Waals surface area contributed by atoms with Crippen LogP contribution in [0.4, 0.5) is 0 Å². The highest BCUT2D eigenvalue weighted by molar-refractivity contribution is 5.88. The highest BCUT2D eigenvalue weighted by Crippen LogP contribution is 2.30. The van der Waals surface area contributed by atoms with Crippen molar-refractivity contribution in [2.24, 2.45) is 0 Å². The van der Waals surface area contributed by atoms with E-state index in [-0.39, 0.29) is 11.3 Å². The van der Waals surface area contributed by atoms with E-state index in [1.165, 1.54) is 0 Å². The standard InChI is InChI=1S/C20H16N2O2/c23-18-11-10-13-6-4-5-9-15(13)16(18)12-17-19(21-22-20(17)24)14-7-2-1-3-8-14/h1-11,23H,12H2,(H2,21,22,24). The van der Waals surface area contributed by atoms with E-state index in [2.05, 4.69) is 10.2 Å². The molecule has 4 rings (SSSR count). The minimum Gasteiger partial charge on any atom is -0.508 e. The molecule has 4 aromatic rings. The number of phenolic OH excluding ortho intramolecular Hbond substituents is 1. The fraction of sp³-hybridized carbons (Fsp3) is 0.0500. The highest BCUT2D eigenvalue weighted by atomic mass is 16.3. The molecule has 0 spiro atoms. The van der Waals surface area contributed by atoms with E-state index < -0.39 is 0 Å². The molecule has 0 radical (unpaired) electrons. The number of nitrogens with one attached hydrogen (secondary N) is 2. The summed E-state index contributed by atoms with van der Waals surface area (Å²) < 4.78 is 0. The number of benzene rings is 3. The van der Waals surface area contributed by atoms with Gasteiger partial charge in [-0.25, -0.2) is 0 Å². The fourth-order valence-electron chi connectivity index (χ4n) is 3.09. The van der Waals surface area contributed by atoms with Crippen molar-refractivity contribution in [3.8, 4) is 17.0 Å². The van der Waals surface area contributed by atoms with Crippen LogP contribution in [0.5, 0.6) is 5.75 Å². The number of aromatic hydroxyl groups is 1. The molecule has 0 unspecified atom stereocenters. The van der Waals surface area contributed by atoms with Crippen molar-refractivity contribution >= 4 is 10.8 Å². The molecule has 1 heterocycles. The summed E-state index contributed by atoms with van der Waals surface area (Å²) in [5.74, 6) is 0.202. The molecule has 0 saturated heterocycles. The number of hydrogen-bond donors (Lipinski definition) is 3. The van der Waals surface area contributed by atoms with Gasteiger partial charge in [0, 0.05) is 17.5 Å². The van der Waals surface area contributed by atoms with Crippen LogP contribution in [0.2, 0.25) is 0 Å². The summed E-state index contributed by atoms with van der Waals surface area (Å²) in [7, 11) is 0. The lowest BCUT2D eigenvalue weighted by Gasteiger charge is -2.09. The first-order valence-corrected chi connectivity index (χ1v) is 7.78. The number of fused-ring (bicyclic) bond motifs is 1. The van der Waals surface area contributed by atoms with Crippen LogP contribution in [0.15, 0.2) is 71.5 Å². The van der Waals surface area contributed by atoms with Crippen LogP contribution in [-0.2, 0) is 6.42 Å². The van der Waals surface area contributed by atoms with E-state index in [0.717, 1.165) is 27.6 Å². The van der Waals surface area contributed by atoms with Crippen LogP contribution < -0.4 is 5.56 Å². The molecule has 0 aliphatic rings. The molecule has 0 bridgehead atoms. The quantitative estimate of drug-likeness (QED) is 0.538. The third-order valence-corrected chi connectivity index (χ3v) is 4.31. The van der Waals surface area contributed by atoms with Crippen LogP contribution >= 0.6 is 0 Å². The lowest BCUT2D eigenvalue weighted by molar-refractivity contribution is 0.470. The minimum atomic E-state index is -0.166. The normalized spacial score (nSPS) is 11.0. The van der Waals surface area contributed by atoms with Crippen molar-refractivity contribution in [1.82, 2.24) is 10.2 Å². The van der Waals surface area contributed by atoms with Crippen LogP contribution in [-0.4, -0.2) is 15.3 Å². The van der Waals surface area contributed by atoms with Gasteiger partial charge < -0.3 is 5.11 Å². The average molecular weight is 316 g/mol. The molecule has 0 fully saturated rings. The van der Waals surface area contributed by atoms with Crippen LogP contribution in [0, 0.1) is 0 Å². The molecule has 0 saturated carbocycles. The lowest BCUT2D eigenvalue weighted by atomic mass is 9.96. The first kappa shape index (κ1) is 14.3. The SMILES string of the molecule is O=c1[nH][nH]c(-c2ccccc2)c1Cc1c(O)ccc2ccccc12. The van der Waals surface area contributed by atoms with Crippen molar-refractivity contribution in [3.63, 3.8) is 0 Å². The summed E-state index contributed by atoms with van der Waals surface area (Å²) in [6.07, 6.45) is 0.357. The second-order valence-corrected chi connectivity index (χ2v) is 5.76. The molecule has 3 N–H and O–H groups in total. The van der Waals surface area contributed by atoms with Crippen LogP contribution in [0.3, 0.4) is 0 Å². The maximum absolute atomic E-state index is 12.3. The van der Waals surface area contributed by atoms with Crippen LogP contribution in [0.25, 0.3) is 22.0 Å². The van der Waals surface area contributed by atoms with Gasteiger partial charge in [-0.15, -0.1) is 0 Å². The van der Waals surface area contributed by atoms with Gasteiger partial charge in [0.05, 0.1) is 5.69 Å². The van der Waals surface area contributed by atoms with Gasteiger partial charge in [-0.2, -0.15) is 0 Å². The molecule has 24 heavy (non-hydrogen) atoms. The fourth-order valence-corrected chi connectivity index (χ4v) is 3.09. The molecule has 4 nitrogen and oxygen atoms in total. The predicted molar refractivity (Wildman–Crippen MR) is 95.3 cm³/mol. The smallest absolute Gasteiger partial charge is 0.268 e. The molecule has 0 aliphatic heterocycles. The Morgan fingerprint density at radius 3 is 2.38 bits per heavy atom. The van der Waals surface area contributed by atoms with E-state index >= 15 is 0 Å². The van der Waals surface area contributed by atoms with Crippen molar-refractivity contribution in [3.05, 3.63) is 88.2 Å². The van der Waals surface area contributed by atoms with Gasteiger partial charge in [0.2, 0.25) is 0 Å². The number of aromatic nitrogens is 2. The van der Waals surface area contributed by atoms with Gasteiger partial charge in [0.25, 0.3) is 5.56 Å².